The summed E-state index contributed by atoms with van der Waals surface area (Å²) in [6.45, 7) is -3.03. The number of halogens is 2. The fraction of sp³-hybridized carbons (Fsp3) is 0.533. The van der Waals surface area contributed by atoms with Crippen molar-refractivity contribution in [3.8, 4) is 5.75 Å². The average Bonchev–Trinajstić information content (AvgIpc) is 2.89. The number of hydrogen-bond acceptors (Lipinski definition) is 3. The predicted molar refractivity (Wildman–Crippen MR) is 73.2 cm³/mol. The topological polar surface area (TPSA) is 58.6 Å². The molecular weight excluding hydrogens is 280 g/mol. The van der Waals surface area contributed by atoms with Crippen LogP contribution in [-0.4, -0.2) is 29.8 Å². The van der Waals surface area contributed by atoms with Crippen LogP contribution in [0.3, 0.4) is 0 Å². The van der Waals surface area contributed by atoms with Crippen molar-refractivity contribution in [2.45, 2.75) is 44.3 Å². The molecule has 4 nitrogen and oxygen atoms in total. The number of nitrogens with one attached hydrogen (secondary N) is 1. The van der Waals surface area contributed by atoms with Crippen molar-refractivity contribution in [3.63, 3.8) is 0 Å². The minimum absolute atomic E-state index is 0.00659. The highest BCUT2D eigenvalue weighted by Gasteiger charge is 2.34. The van der Waals surface area contributed by atoms with Crippen LogP contribution in [0.25, 0.3) is 0 Å². The molecule has 2 N–H and O–H groups in total. The van der Waals surface area contributed by atoms with E-state index < -0.39 is 12.2 Å². The second kappa shape index (κ2) is 6.85. The third-order valence-electron chi connectivity index (χ3n) is 3.81. The number of hydrogen-bond donors (Lipinski definition) is 2. The molecular formula is C15H19F2NO3. The van der Waals surface area contributed by atoms with Gasteiger partial charge in [-0.2, -0.15) is 8.78 Å². The van der Waals surface area contributed by atoms with Gasteiger partial charge in [0.1, 0.15) is 5.75 Å². The molecule has 1 fully saturated rings. The van der Waals surface area contributed by atoms with E-state index in [-0.39, 0.29) is 24.7 Å². The SMILES string of the molecule is O=C(Cc1ccccc1OC(F)F)NC1(CO)CCCC1. The number of aliphatic hydroxyl groups excluding tert-OH is 1. The summed E-state index contributed by atoms with van der Waals surface area (Å²) < 4.78 is 29.1. The Balaban J connectivity index is 2.02. The Kier molecular flexibility index (Phi) is 5.12. The van der Waals surface area contributed by atoms with Crippen molar-refractivity contribution in [2.75, 3.05) is 6.61 Å². The van der Waals surface area contributed by atoms with E-state index in [0.29, 0.717) is 5.56 Å². The quantitative estimate of drug-likeness (QED) is 0.847. The lowest BCUT2D eigenvalue weighted by atomic mass is 9.98. The maximum absolute atomic E-state index is 12.3. The normalized spacial score (nSPS) is 17.0. The van der Waals surface area contributed by atoms with E-state index in [1.807, 2.05) is 0 Å². The van der Waals surface area contributed by atoms with Crippen molar-refractivity contribution < 1.29 is 23.4 Å². The molecule has 0 aromatic heterocycles. The molecule has 2 rings (SSSR count). The summed E-state index contributed by atoms with van der Waals surface area (Å²) in [4.78, 5) is 12.1. The monoisotopic (exact) mass is 299 g/mol. The zero-order valence-electron chi connectivity index (χ0n) is 11.6. The van der Waals surface area contributed by atoms with E-state index >= 15 is 0 Å². The van der Waals surface area contributed by atoms with Gasteiger partial charge in [-0.25, -0.2) is 0 Å². The first-order valence-electron chi connectivity index (χ1n) is 6.99. The van der Waals surface area contributed by atoms with Crippen LogP contribution in [0.1, 0.15) is 31.2 Å². The first-order valence-corrected chi connectivity index (χ1v) is 6.99. The summed E-state index contributed by atoms with van der Waals surface area (Å²) in [6.07, 6.45) is 3.36. The minimum Gasteiger partial charge on any atom is -0.435 e. The molecule has 0 bridgehead atoms. The molecule has 1 aromatic carbocycles. The molecule has 0 atom stereocenters. The summed E-state index contributed by atoms with van der Waals surface area (Å²) >= 11 is 0. The van der Waals surface area contributed by atoms with Gasteiger partial charge in [-0.15, -0.1) is 0 Å². The number of benzene rings is 1. The summed E-state index contributed by atoms with van der Waals surface area (Å²) in [5.41, 5.74) is -0.156. The smallest absolute Gasteiger partial charge is 0.387 e. The van der Waals surface area contributed by atoms with Gasteiger partial charge in [0.15, 0.2) is 0 Å². The minimum atomic E-state index is -2.92. The van der Waals surface area contributed by atoms with E-state index in [4.69, 9.17) is 0 Å². The van der Waals surface area contributed by atoms with Crippen LogP contribution in [0, 0.1) is 0 Å². The molecule has 1 aliphatic rings. The number of alkyl halides is 2. The highest BCUT2D eigenvalue weighted by molar-refractivity contribution is 5.80. The lowest BCUT2D eigenvalue weighted by Crippen LogP contribution is -2.49. The first-order chi connectivity index (χ1) is 10.0. The highest BCUT2D eigenvalue weighted by Crippen LogP contribution is 2.29. The average molecular weight is 299 g/mol. The Morgan fingerprint density at radius 2 is 2.00 bits per heavy atom. The molecule has 6 heteroatoms. The molecule has 0 saturated heterocycles. The Hall–Kier alpha value is -1.69. The fourth-order valence-corrected chi connectivity index (χ4v) is 2.75. The summed E-state index contributed by atoms with van der Waals surface area (Å²) in [5, 5.41) is 12.3. The van der Waals surface area contributed by atoms with Crippen LogP contribution in [0.5, 0.6) is 5.75 Å². The molecule has 1 amide bonds. The van der Waals surface area contributed by atoms with Gasteiger partial charge in [-0.1, -0.05) is 31.0 Å². The molecule has 1 saturated carbocycles. The standard InChI is InChI=1S/C15H19F2NO3/c16-14(17)21-12-6-2-1-5-11(12)9-13(20)18-15(10-19)7-3-4-8-15/h1-2,5-6,14,19H,3-4,7-10H2,(H,18,20). The molecule has 0 radical (unpaired) electrons. The number of rotatable bonds is 6. The van der Waals surface area contributed by atoms with Crippen LogP contribution in [-0.2, 0) is 11.2 Å². The van der Waals surface area contributed by atoms with Crippen molar-refractivity contribution >= 4 is 5.91 Å². The summed E-state index contributed by atoms with van der Waals surface area (Å²) in [5.74, 6) is -0.289. The summed E-state index contributed by atoms with van der Waals surface area (Å²) in [7, 11) is 0. The van der Waals surface area contributed by atoms with Gasteiger partial charge in [-0.3, -0.25) is 4.79 Å². The lowest BCUT2D eigenvalue weighted by Gasteiger charge is -2.28. The second-order valence-electron chi connectivity index (χ2n) is 5.36. The molecule has 21 heavy (non-hydrogen) atoms. The second-order valence-corrected chi connectivity index (χ2v) is 5.36. The fourth-order valence-electron chi connectivity index (χ4n) is 2.75. The Morgan fingerprint density at radius 3 is 2.62 bits per heavy atom. The number of para-hydroxylation sites is 1. The Morgan fingerprint density at radius 1 is 1.33 bits per heavy atom. The van der Waals surface area contributed by atoms with Crippen LogP contribution >= 0.6 is 0 Å². The van der Waals surface area contributed by atoms with Crippen LogP contribution in [0.15, 0.2) is 24.3 Å². The van der Waals surface area contributed by atoms with Gasteiger partial charge in [0.05, 0.1) is 18.6 Å². The third-order valence-corrected chi connectivity index (χ3v) is 3.81. The van der Waals surface area contributed by atoms with E-state index in [2.05, 4.69) is 10.1 Å². The van der Waals surface area contributed by atoms with Gasteiger partial charge in [0.2, 0.25) is 5.91 Å². The summed E-state index contributed by atoms with van der Waals surface area (Å²) in [6, 6.07) is 6.23. The number of carbonyl (C=O) groups excluding carboxylic acids is 1. The van der Waals surface area contributed by atoms with Crippen molar-refractivity contribution in [1.82, 2.24) is 5.32 Å². The van der Waals surface area contributed by atoms with Gasteiger partial charge in [-0.05, 0) is 18.9 Å². The molecule has 0 spiro atoms. The Labute approximate surface area is 122 Å². The van der Waals surface area contributed by atoms with Gasteiger partial charge >= 0.3 is 6.61 Å². The van der Waals surface area contributed by atoms with Crippen molar-refractivity contribution in [3.05, 3.63) is 29.8 Å². The van der Waals surface area contributed by atoms with Crippen LogP contribution in [0.4, 0.5) is 8.78 Å². The van der Waals surface area contributed by atoms with E-state index in [1.165, 1.54) is 6.07 Å². The number of amides is 1. The number of carbonyl (C=O) groups is 1. The van der Waals surface area contributed by atoms with E-state index in [9.17, 15) is 18.7 Å². The van der Waals surface area contributed by atoms with Gasteiger partial charge in [0.25, 0.3) is 0 Å². The van der Waals surface area contributed by atoms with E-state index in [0.717, 1.165) is 25.7 Å². The van der Waals surface area contributed by atoms with Crippen LogP contribution in [0.2, 0.25) is 0 Å². The lowest BCUT2D eigenvalue weighted by molar-refractivity contribution is -0.123. The highest BCUT2D eigenvalue weighted by atomic mass is 19.3. The largest absolute Gasteiger partial charge is 0.435 e. The predicted octanol–water partition coefficient (Wildman–Crippen LogP) is 2.25. The number of ether oxygens (including phenoxy) is 1. The third kappa shape index (κ3) is 4.14. The van der Waals surface area contributed by atoms with Gasteiger partial charge in [0, 0.05) is 5.56 Å². The number of aliphatic hydroxyl groups is 1. The van der Waals surface area contributed by atoms with Crippen LogP contribution < -0.4 is 10.1 Å². The molecule has 0 unspecified atom stereocenters. The molecule has 1 aromatic rings. The zero-order valence-corrected chi connectivity index (χ0v) is 11.6. The maximum Gasteiger partial charge on any atom is 0.387 e. The van der Waals surface area contributed by atoms with Crippen molar-refractivity contribution in [1.29, 1.82) is 0 Å². The zero-order chi connectivity index (χ0) is 15.3. The molecule has 0 aliphatic heterocycles. The molecule has 0 heterocycles. The molecule has 1 aliphatic carbocycles. The van der Waals surface area contributed by atoms with E-state index in [1.54, 1.807) is 18.2 Å². The molecule has 116 valence electrons. The first kappa shape index (κ1) is 15.7. The van der Waals surface area contributed by atoms with Gasteiger partial charge < -0.3 is 15.2 Å². The Bertz CT molecular complexity index is 488. The maximum atomic E-state index is 12.3. The van der Waals surface area contributed by atoms with Crippen molar-refractivity contribution in [2.24, 2.45) is 0 Å².